The average molecular weight is 284 g/mol. The highest BCUT2D eigenvalue weighted by atomic mass is 35.5. The second-order valence-corrected chi connectivity index (χ2v) is 5.13. The Hall–Kier alpha value is -1.32. The molecule has 1 aliphatic rings. The predicted molar refractivity (Wildman–Crippen MR) is 71.4 cm³/mol. The van der Waals surface area contributed by atoms with Crippen LogP contribution in [0.5, 0.6) is 0 Å². The molecule has 0 N–H and O–H groups in total. The molecule has 0 spiro atoms. The third-order valence-electron chi connectivity index (χ3n) is 2.69. The molecule has 3 nitrogen and oxygen atoms in total. The van der Waals surface area contributed by atoms with Crippen LogP contribution in [-0.2, 0) is 9.59 Å². The molecule has 94 valence electrons. The van der Waals surface area contributed by atoms with E-state index in [2.05, 4.69) is 0 Å². The first-order valence-corrected chi connectivity index (χ1v) is 6.22. The number of carbonyl (C=O) groups excluding carboxylic acids is 2. The van der Waals surface area contributed by atoms with Crippen molar-refractivity contribution in [3.8, 4) is 0 Å². The Morgan fingerprint density at radius 2 is 1.83 bits per heavy atom. The van der Waals surface area contributed by atoms with Gasteiger partial charge in [0.05, 0.1) is 5.57 Å². The molecule has 2 rings (SSSR count). The second kappa shape index (κ2) is 4.75. The molecule has 0 saturated heterocycles. The minimum Gasteiger partial charge on any atom is -0.272 e. The zero-order valence-corrected chi connectivity index (χ0v) is 11.4. The SMILES string of the molecule is CC(C)N1C(=O)C=C(c2cc(Cl)ccc2Cl)C1=O. The van der Waals surface area contributed by atoms with Crippen LogP contribution in [0, 0.1) is 0 Å². The normalized spacial score (nSPS) is 15.6. The first kappa shape index (κ1) is 13.1. The molecule has 0 bridgehead atoms. The van der Waals surface area contributed by atoms with E-state index in [0.29, 0.717) is 21.2 Å². The van der Waals surface area contributed by atoms with Gasteiger partial charge in [-0.25, -0.2) is 0 Å². The van der Waals surface area contributed by atoms with Crippen LogP contribution in [-0.4, -0.2) is 22.8 Å². The summed E-state index contributed by atoms with van der Waals surface area (Å²) in [6.45, 7) is 3.57. The third-order valence-corrected chi connectivity index (χ3v) is 3.25. The van der Waals surface area contributed by atoms with Crippen molar-refractivity contribution in [2.75, 3.05) is 0 Å². The summed E-state index contributed by atoms with van der Waals surface area (Å²) < 4.78 is 0. The van der Waals surface area contributed by atoms with Crippen LogP contribution in [0.1, 0.15) is 19.4 Å². The van der Waals surface area contributed by atoms with Gasteiger partial charge in [-0.05, 0) is 32.0 Å². The van der Waals surface area contributed by atoms with E-state index in [1.165, 1.54) is 11.0 Å². The van der Waals surface area contributed by atoms with Crippen LogP contribution in [0.3, 0.4) is 0 Å². The van der Waals surface area contributed by atoms with Gasteiger partial charge in [-0.1, -0.05) is 23.2 Å². The zero-order chi connectivity index (χ0) is 13.4. The highest BCUT2D eigenvalue weighted by Crippen LogP contribution is 2.31. The largest absolute Gasteiger partial charge is 0.272 e. The number of imide groups is 1. The maximum Gasteiger partial charge on any atom is 0.261 e. The summed E-state index contributed by atoms with van der Waals surface area (Å²) in [7, 11) is 0. The molecule has 2 amide bonds. The summed E-state index contributed by atoms with van der Waals surface area (Å²) in [5.74, 6) is -0.653. The molecule has 0 saturated carbocycles. The van der Waals surface area contributed by atoms with Gasteiger partial charge in [0.15, 0.2) is 0 Å². The minimum absolute atomic E-state index is 0.184. The van der Waals surface area contributed by atoms with Crippen molar-refractivity contribution in [3.05, 3.63) is 39.9 Å². The van der Waals surface area contributed by atoms with Gasteiger partial charge >= 0.3 is 0 Å². The Morgan fingerprint density at radius 1 is 1.17 bits per heavy atom. The smallest absolute Gasteiger partial charge is 0.261 e. The number of rotatable bonds is 2. The number of amides is 2. The molecule has 5 heteroatoms. The molecule has 0 radical (unpaired) electrons. The van der Waals surface area contributed by atoms with Gasteiger partial charge in [0.25, 0.3) is 11.8 Å². The Labute approximate surface area is 115 Å². The molecule has 0 aliphatic carbocycles. The van der Waals surface area contributed by atoms with Gasteiger partial charge in [-0.3, -0.25) is 14.5 Å². The molecular formula is C13H11Cl2NO2. The Balaban J connectivity index is 2.47. The fraction of sp³-hybridized carbons (Fsp3) is 0.231. The highest BCUT2D eigenvalue weighted by Gasteiger charge is 2.34. The highest BCUT2D eigenvalue weighted by molar-refractivity contribution is 6.40. The van der Waals surface area contributed by atoms with Crippen LogP contribution >= 0.6 is 23.2 Å². The molecule has 18 heavy (non-hydrogen) atoms. The lowest BCUT2D eigenvalue weighted by Crippen LogP contribution is -2.36. The first-order valence-electron chi connectivity index (χ1n) is 5.46. The van der Waals surface area contributed by atoms with Crippen LogP contribution in [0.4, 0.5) is 0 Å². The minimum atomic E-state index is -0.334. The maximum atomic E-state index is 12.2. The Bertz CT molecular complexity index is 564. The molecular weight excluding hydrogens is 273 g/mol. The van der Waals surface area contributed by atoms with Crippen LogP contribution in [0.15, 0.2) is 24.3 Å². The number of hydrogen-bond acceptors (Lipinski definition) is 2. The Kier molecular flexibility index (Phi) is 3.46. The van der Waals surface area contributed by atoms with Crippen molar-refractivity contribution < 1.29 is 9.59 Å². The van der Waals surface area contributed by atoms with Crippen LogP contribution in [0.2, 0.25) is 10.0 Å². The topological polar surface area (TPSA) is 37.4 Å². The standard InChI is InChI=1S/C13H11Cl2NO2/c1-7(2)16-12(17)6-10(13(16)18)9-5-8(14)3-4-11(9)15/h3-7H,1-2H3. The number of halogens is 2. The van der Waals surface area contributed by atoms with Crippen molar-refractivity contribution in [1.29, 1.82) is 0 Å². The molecule has 1 aliphatic heterocycles. The first-order chi connectivity index (χ1) is 8.41. The van der Waals surface area contributed by atoms with Gasteiger partial charge in [0.1, 0.15) is 0 Å². The maximum absolute atomic E-state index is 12.2. The lowest BCUT2D eigenvalue weighted by molar-refractivity contribution is -0.138. The third kappa shape index (κ3) is 2.16. The molecule has 0 aromatic heterocycles. The molecule has 0 fully saturated rings. The zero-order valence-electron chi connectivity index (χ0n) is 9.91. The van der Waals surface area contributed by atoms with Crippen LogP contribution < -0.4 is 0 Å². The fourth-order valence-electron chi connectivity index (χ4n) is 1.87. The van der Waals surface area contributed by atoms with E-state index in [0.717, 1.165) is 0 Å². The number of nitrogens with zero attached hydrogens (tertiary/aromatic N) is 1. The lowest BCUT2D eigenvalue weighted by atomic mass is 10.1. The van der Waals surface area contributed by atoms with E-state index in [4.69, 9.17) is 23.2 Å². The monoisotopic (exact) mass is 283 g/mol. The molecule has 1 aromatic rings. The summed E-state index contributed by atoms with van der Waals surface area (Å²) in [4.78, 5) is 25.1. The summed E-state index contributed by atoms with van der Waals surface area (Å²) in [6.07, 6.45) is 1.31. The van der Waals surface area contributed by atoms with E-state index < -0.39 is 0 Å². The molecule has 1 aromatic carbocycles. The van der Waals surface area contributed by atoms with Crippen molar-refractivity contribution >= 4 is 40.6 Å². The summed E-state index contributed by atoms with van der Waals surface area (Å²) in [5.41, 5.74) is 0.784. The van der Waals surface area contributed by atoms with Crippen molar-refractivity contribution in [2.45, 2.75) is 19.9 Å². The number of benzene rings is 1. The van der Waals surface area contributed by atoms with E-state index in [1.807, 2.05) is 0 Å². The van der Waals surface area contributed by atoms with Gasteiger partial charge in [0, 0.05) is 27.7 Å². The van der Waals surface area contributed by atoms with Gasteiger partial charge in [-0.15, -0.1) is 0 Å². The van der Waals surface area contributed by atoms with E-state index >= 15 is 0 Å². The summed E-state index contributed by atoms with van der Waals surface area (Å²) in [6, 6.07) is 4.65. The number of carbonyl (C=O) groups is 2. The van der Waals surface area contributed by atoms with E-state index in [9.17, 15) is 9.59 Å². The predicted octanol–water partition coefficient (Wildman–Crippen LogP) is 3.15. The lowest BCUT2D eigenvalue weighted by Gasteiger charge is -2.19. The van der Waals surface area contributed by atoms with Gasteiger partial charge in [-0.2, -0.15) is 0 Å². The van der Waals surface area contributed by atoms with Gasteiger partial charge < -0.3 is 0 Å². The quantitative estimate of drug-likeness (QED) is 0.782. The molecule has 0 unspecified atom stereocenters. The van der Waals surface area contributed by atoms with Gasteiger partial charge in [0.2, 0.25) is 0 Å². The van der Waals surface area contributed by atoms with Crippen LogP contribution in [0.25, 0.3) is 5.57 Å². The average Bonchev–Trinajstić information content (AvgIpc) is 2.57. The summed E-state index contributed by atoms with van der Waals surface area (Å²) in [5, 5.41) is 0.871. The second-order valence-electron chi connectivity index (χ2n) is 4.29. The van der Waals surface area contributed by atoms with Crippen molar-refractivity contribution in [1.82, 2.24) is 4.90 Å². The Morgan fingerprint density at radius 3 is 2.39 bits per heavy atom. The van der Waals surface area contributed by atoms with Crippen molar-refractivity contribution in [2.24, 2.45) is 0 Å². The summed E-state index contributed by atoms with van der Waals surface area (Å²) >= 11 is 11.9. The van der Waals surface area contributed by atoms with E-state index in [-0.39, 0.29) is 17.9 Å². The fourth-order valence-corrected chi connectivity index (χ4v) is 2.26. The number of hydrogen-bond donors (Lipinski definition) is 0. The molecule has 1 heterocycles. The van der Waals surface area contributed by atoms with Crippen molar-refractivity contribution in [3.63, 3.8) is 0 Å². The van der Waals surface area contributed by atoms with E-state index in [1.54, 1.807) is 32.0 Å². The molecule has 0 atom stereocenters.